The largest absolute Gasteiger partial charge is 0.457 e. The van der Waals surface area contributed by atoms with Gasteiger partial charge in [-0.2, -0.15) is 0 Å². The first-order chi connectivity index (χ1) is 27.1. The van der Waals surface area contributed by atoms with Gasteiger partial charge in [-0.1, -0.05) is 48.2 Å². The van der Waals surface area contributed by atoms with E-state index in [2.05, 4.69) is 11.8 Å². The Balaban J connectivity index is 1.02. The quantitative estimate of drug-likeness (QED) is 0.113. The molecule has 0 radical (unpaired) electrons. The van der Waals surface area contributed by atoms with Gasteiger partial charge in [0.15, 0.2) is 0 Å². The zero-order valence-electron chi connectivity index (χ0n) is 29.4. The van der Waals surface area contributed by atoms with E-state index in [1.165, 1.54) is 36.4 Å². The summed E-state index contributed by atoms with van der Waals surface area (Å²) in [5, 5.41) is 0. The maximum atomic E-state index is 13.7. The molecule has 0 heterocycles. The first-order valence-electron chi connectivity index (χ1n) is 17.0. The molecule has 8 nitrogen and oxygen atoms in total. The van der Waals surface area contributed by atoms with Gasteiger partial charge >= 0.3 is 0 Å². The zero-order valence-corrected chi connectivity index (χ0v) is 31.0. The normalized spacial score (nSPS) is 11.1. The molecule has 0 aromatic heterocycles. The molecular formula is C46H30O8S2. The molecule has 7 aromatic carbocycles. The van der Waals surface area contributed by atoms with Crippen LogP contribution >= 0.6 is 0 Å². The number of ether oxygens (including phenoxy) is 4. The van der Waals surface area contributed by atoms with Crippen LogP contribution in [0, 0.1) is 24.7 Å². The van der Waals surface area contributed by atoms with Gasteiger partial charge in [-0.3, -0.25) is 0 Å². The summed E-state index contributed by atoms with van der Waals surface area (Å²) in [6.45, 7) is 0. The molecule has 0 N–H and O–H groups in total. The number of sulfone groups is 2. The van der Waals surface area contributed by atoms with Crippen molar-refractivity contribution >= 4 is 19.7 Å². The van der Waals surface area contributed by atoms with Crippen LogP contribution in [0.3, 0.4) is 0 Å². The number of hydrogen-bond donors (Lipinski definition) is 0. The first kappa shape index (κ1) is 37.1. The molecule has 0 aliphatic heterocycles. The minimum Gasteiger partial charge on any atom is -0.457 e. The van der Waals surface area contributed by atoms with Crippen LogP contribution in [0.2, 0.25) is 0 Å². The molecule has 274 valence electrons. The molecule has 56 heavy (non-hydrogen) atoms. The molecule has 7 aromatic rings. The van der Waals surface area contributed by atoms with Crippen LogP contribution in [-0.2, 0) is 19.7 Å². The first-order valence-corrected chi connectivity index (χ1v) is 19.9. The van der Waals surface area contributed by atoms with Crippen LogP contribution in [0.4, 0.5) is 0 Å². The molecule has 0 spiro atoms. The van der Waals surface area contributed by atoms with Crippen molar-refractivity contribution in [2.24, 2.45) is 0 Å². The number of rotatable bonds is 12. The molecule has 0 atom stereocenters. The second-order valence-corrected chi connectivity index (χ2v) is 15.9. The predicted octanol–water partition coefficient (Wildman–Crippen LogP) is 10.5. The third kappa shape index (κ3) is 8.28. The second-order valence-electron chi connectivity index (χ2n) is 12.1. The van der Waals surface area contributed by atoms with E-state index >= 15 is 0 Å². The van der Waals surface area contributed by atoms with Crippen LogP contribution < -0.4 is 18.9 Å². The van der Waals surface area contributed by atoms with Crippen LogP contribution in [0.15, 0.2) is 189 Å². The molecule has 0 aliphatic carbocycles. The minimum absolute atomic E-state index is 0.00256. The summed E-state index contributed by atoms with van der Waals surface area (Å²) in [6, 6.07) is 45.3. The van der Waals surface area contributed by atoms with Gasteiger partial charge in [-0.15, -0.1) is 12.8 Å². The van der Waals surface area contributed by atoms with E-state index in [0.29, 0.717) is 45.6 Å². The SMILES string of the molecule is C#Cc1ccc(Oc2ccccc2S(=O)(=O)c2ccc(Oc3cccc(Oc4ccc(S(=O)(=O)c5ccccc5Oc5cccc(C#C)c5)cc4)c3)cc2)cc1. The van der Waals surface area contributed by atoms with Crippen LogP contribution in [0.1, 0.15) is 11.1 Å². The fourth-order valence-electron chi connectivity index (χ4n) is 5.54. The highest BCUT2D eigenvalue weighted by molar-refractivity contribution is 7.92. The maximum Gasteiger partial charge on any atom is 0.210 e. The van der Waals surface area contributed by atoms with Crippen molar-refractivity contribution in [2.75, 3.05) is 0 Å². The lowest BCUT2D eigenvalue weighted by Gasteiger charge is -2.13. The Morgan fingerprint density at radius 2 is 0.750 bits per heavy atom. The van der Waals surface area contributed by atoms with Crippen LogP contribution in [0.25, 0.3) is 0 Å². The van der Waals surface area contributed by atoms with Gasteiger partial charge < -0.3 is 18.9 Å². The van der Waals surface area contributed by atoms with E-state index < -0.39 is 19.7 Å². The van der Waals surface area contributed by atoms with Crippen molar-refractivity contribution in [2.45, 2.75) is 19.6 Å². The molecule has 10 heteroatoms. The summed E-state index contributed by atoms with van der Waals surface area (Å²) in [5.41, 5.74) is 1.28. The van der Waals surface area contributed by atoms with Gasteiger partial charge in [0.05, 0.1) is 9.79 Å². The van der Waals surface area contributed by atoms with Crippen molar-refractivity contribution < 1.29 is 35.8 Å². The van der Waals surface area contributed by atoms with Gasteiger partial charge in [0.2, 0.25) is 19.7 Å². The lowest BCUT2D eigenvalue weighted by Crippen LogP contribution is -2.04. The molecule has 0 unspecified atom stereocenters. The smallest absolute Gasteiger partial charge is 0.210 e. The summed E-state index contributed by atoms with van der Waals surface area (Å²) >= 11 is 0. The number of benzene rings is 7. The number of terminal acetylenes is 2. The van der Waals surface area contributed by atoms with Gasteiger partial charge in [-0.05, 0) is 127 Å². The Morgan fingerprint density at radius 3 is 1.23 bits per heavy atom. The lowest BCUT2D eigenvalue weighted by molar-refractivity contribution is 0.460. The van der Waals surface area contributed by atoms with E-state index in [9.17, 15) is 16.8 Å². The highest BCUT2D eigenvalue weighted by atomic mass is 32.2. The molecule has 0 bridgehead atoms. The Labute approximate surface area is 325 Å². The average molecular weight is 775 g/mol. The Hall–Kier alpha value is -7.24. The fourth-order valence-corrected chi connectivity index (χ4v) is 8.30. The Morgan fingerprint density at radius 1 is 0.357 bits per heavy atom. The van der Waals surface area contributed by atoms with E-state index in [1.807, 2.05) is 0 Å². The van der Waals surface area contributed by atoms with Gasteiger partial charge in [0, 0.05) is 17.2 Å². The van der Waals surface area contributed by atoms with Crippen molar-refractivity contribution in [3.63, 3.8) is 0 Å². The van der Waals surface area contributed by atoms with Crippen LogP contribution in [0.5, 0.6) is 46.0 Å². The number of hydrogen-bond acceptors (Lipinski definition) is 8. The Bertz CT molecular complexity index is 2840. The molecule has 7 rings (SSSR count). The molecule has 0 amide bonds. The van der Waals surface area contributed by atoms with Crippen molar-refractivity contribution in [3.05, 3.63) is 181 Å². The monoisotopic (exact) mass is 774 g/mol. The third-order valence-electron chi connectivity index (χ3n) is 8.30. The molecule has 0 saturated carbocycles. The average Bonchev–Trinajstić information content (AvgIpc) is 3.22. The van der Waals surface area contributed by atoms with Gasteiger partial charge in [-0.25, -0.2) is 16.8 Å². The summed E-state index contributed by atoms with van der Waals surface area (Å²) in [7, 11) is -7.93. The number of para-hydroxylation sites is 2. The minimum atomic E-state index is -3.97. The summed E-state index contributed by atoms with van der Waals surface area (Å²) in [6.07, 6.45) is 10.9. The lowest BCUT2D eigenvalue weighted by atomic mass is 10.2. The van der Waals surface area contributed by atoms with Gasteiger partial charge in [0.1, 0.15) is 55.8 Å². The highest BCUT2D eigenvalue weighted by Gasteiger charge is 2.24. The maximum absolute atomic E-state index is 13.7. The predicted molar refractivity (Wildman–Crippen MR) is 212 cm³/mol. The summed E-state index contributed by atoms with van der Waals surface area (Å²) < 4.78 is 78.6. The molecule has 0 aliphatic rings. The van der Waals surface area contributed by atoms with Crippen molar-refractivity contribution in [1.29, 1.82) is 0 Å². The fraction of sp³-hybridized carbons (Fsp3) is 0. The zero-order chi connectivity index (χ0) is 39.1. The molecular weight excluding hydrogens is 745 g/mol. The Kier molecular flexibility index (Phi) is 10.6. The topological polar surface area (TPSA) is 105 Å². The standard InChI is InChI=1S/C46H30O8S2/c1-3-33-19-21-37(22-20-33)53-43-15-5-7-17-45(43)55(47,48)41-27-23-35(24-28-41)51-39-13-10-14-40(32-39)52-36-25-29-42(30-26-36)56(49,50)46-18-8-6-16-44(46)54-38-12-9-11-34(4-2)31-38/h1-2,5-32H. The molecule has 0 fully saturated rings. The highest BCUT2D eigenvalue weighted by Crippen LogP contribution is 2.36. The molecule has 0 saturated heterocycles. The second kappa shape index (κ2) is 16.0. The van der Waals surface area contributed by atoms with Gasteiger partial charge in [0.25, 0.3) is 0 Å². The van der Waals surface area contributed by atoms with E-state index in [0.717, 1.165) is 0 Å². The van der Waals surface area contributed by atoms with Crippen LogP contribution in [-0.4, -0.2) is 16.8 Å². The van der Waals surface area contributed by atoms with E-state index in [-0.39, 0.29) is 31.1 Å². The van der Waals surface area contributed by atoms with Crippen molar-refractivity contribution in [3.8, 4) is 70.7 Å². The summed E-state index contributed by atoms with van der Waals surface area (Å²) in [4.78, 5) is 0.105. The van der Waals surface area contributed by atoms with Crippen molar-refractivity contribution in [1.82, 2.24) is 0 Å². The van der Waals surface area contributed by atoms with E-state index in [1.54, 1.807) is 133 Å². The third-order valence-corrected chi connectivity index (χ3v) is 11.9. The summed E-state index contributed by atoms with van der Waals surface area (Å²) in [5.74, 6) is 7.90. The van der Waals surface area contributed by atoms with E-state index in [4.69, 9.17) is 31.8 Å².